The Bertz CT molecular complexity index is 349. The van der Waals surface area contributed by atoms with Gasteiger partial charge in [-0.1, -0.05) is 40.0 Å². The predicted molar refractivity (Wildman–Crippen MR) is 93.0 cm³/mol. The molecular weight excluding hydrogens is 278 g/mol. The third kappa shape index (κ3) is 4.31. The summed E-state index contributed by atoms with van der Waals surface area (Å²) in [5, 5.41) is 3.83. The molecule has 4 atom stereocenters. The van der Waals surface area contributed by atoms with Gasteiger partial charge in [0.2, 0.25) is 0 Å². The van der Waals surface area contributed by atoms with Gasteiger partial charge >= 0.3 is 0 Å². The Balaban J connectivity index is 2.00. The van der Waals surface area contributed by atoms with Gasteiger partial charge in [0.15, 0.2) is 0 Å². The SMILES string of the molecule is CCC(C)(C)C1CCC(NC)C(S(=O)CC2CCCC2)C1. The molecule has 0 saturated heterocycles. The van der Waals surface area contributed by atoms with Gasteiger partial charge in [-0.15, -0.1) is 0 Å². The lowest BCUT2D eigenvalue weighted by Gasteiger charge is -2.43. The number of hydrogen-bond donors (Lipinski definition) is 1. The van der Waals surface area contributed by atoms with Gasteiger partial charge in [-0.25, -0.2) is 0 Å². The molecule has 0 amide bonds. The van der Waals surface area contributed by atoms with Gasteiger partial charge in [0.05, 0.1) is 5.25 Å². The second-order valence-electron chi connectivity index (χ2n) is 7.98. The summed E-state index contributed by atoms with van der Waals surface area (Å²) in [5.74, 6) is 2.44. The third-order valence-corrected chi connectivity index (χ3v) is 8.39. The molecule has 0 aromatic heterocycles. The van der Waals surface area contributed by atoms with Crippen LogP contribution >= 0.6 is 0 Å². The molecule has 1 N–H and O–H groups in total. The Morgan fingerprint density at radius 2 is 1.81 bits per heavy atom. The lowest BCUT2D eigenvalue weighted by Crippen LogP contribution is -2.48. The number of hydrogen-bond acceptors (Lipinski definition) is 2. The van der Waals surface area contributed by atoms with Crippen molar-refractivity contribution in [1.29, 1.82) is 0 Å². The fourth-order valence-electron chi connectivity index (χ4n) is 4.28. The van der Waals surface area contributed by atoms with Gasteiger partial charge in [0.1, 0.15) is 0 Å². The van der Waals surface area contributed by atoms with Gasteiger partial charge in [0, 0.05) is 22.6 Å². The Labute approximate surface area is 134 Å². The molecule has 2 aliphatic carbocycles. The van der Waals surface area contributed by atoms with Crippen LogP contribution in [0.2, 0.25) is 0 Å². The van der Waals surface area contributed by atoms with E-state index in [-0.39, 0.29) is 0 Å². The molecule has 0 aromatic rings. The summed E-state index contributed by atoms with van der Waals surface area (Å²) in [7, 11) is 1.41. The molecule has 0 heterocycles. The molecule has 0 radical (unpaired) electrons. The van der Waals surface area contributed by atoms with Crippen molar-refractivity contribution in [1.82, 2.24) is 5.32 Å². The van der Waals surface area contributed by atoms with Crippen LogP contribution in [-0.4, -0.2) is 28.3 Å². The van der Waals surface area contributed by atoms with Crippen molar-refractivity contribution in [3.05, 3.63) is 0 Å². The van der Waals surface area contributed by atoms with Crippen molar-refractivity contribution in [3.8, 4) is 0 Å². The number of nitrogens with one attached hydrogen (secondary N) is 1. The average Bonchev–Trinajstić information content (AvgIpc) is 2.99. The molecule has 2 nitrogen and oxygen atoms in total. The van der Waals surface area contributed by atoms with Gasteiger partial charge < -0.3 is 5.32 Å². The highest BCUT2D eigenvalue weighted by Crippen LogP contribution is 2.42. The van der Waals surface area contributed by atoms with Gasteiger partial charge in [-0.3, -0.25) is 4.21 Å². The Hall–Kier alpha value is 0.110. The monoisotopic (exact) mass is 313 g/mol. The molecule has 2 aliphatic rings. The van der Waals surface area contributed by atoms with Crippen molar-refractivity contribution in [3.63, 3.8) is 0 Å². The lowest BCUT2D eigenvalue weighted by molar-refractivity contribution is 0.141. The van der Waals surface area contributed by atoms with E-state index in [2.05, 4.69) is 33.1 Å². The highest BCUT2D eigenvalue weighted by Gasteiger charge is 2.39. The normalized spacial score (nSPS) is 33.2. The minimum absolute atomic E-state index is 0.375. The van der Waals surface area contributed by atoms with E-state index in [0.29, 0.717) is 16.7 Å². The highest BCUT2D eigenvalue weighted by molar-refractivity contribution is 7.85. The van der Waals surface area contributed by atoms with Crippen molar-refractivity contribution in [2.75, 3.05) is 12.8 Å². The molecule has 4 unspecified atom stereocenters. The average molecular weight is 314 g/mol. The first-order valence-electron chi connectivity index (χ1n) is 9.02. The molecular formula is C18H35NOS. The Kier molecular flexibility index (Phi) is 6.31. The Morgan fingerprint density at radius 3 is 2.38 bits per heavy atom. The van der Waals surface area contributed by atoms with E-state index in [1.165, 1.54) is 44.9 Å². The maximum Gasteiger partial charge on any atom is 0.0504 e. The zero-order valence-corrected chi connectivity index (χ0v) is 15.3. The molecule has 3 heteroatoms. The molecule has 2 fully saturated rings. The summed E-state index contributed by atoms with van der Waals surface area (Å²) < 4.78 is 13.0. The van der Waals surface area contributed by atoms with E-state index in [4.69, 9.17) is 0 Å². The maximum absolute atomic E-state index is 13.0. The summed E-state index contributed by atoms with van der Waals surface area (Å²) in [6.45, 7) is 7.09. The standard InChI is InChI=1S/C18H35NOS/c1-5-18(2,3)15-10-11-16(19-4)17(12-15)21(20)13-14-8-6-7-9-14/h14-17,19H,5-13H2,1-4H3. The molecule has 21 heavy (non-hydrogen) atoms. The summed E-state index contributed by atoms with van der Waals surface area (Å²) >= 11 is 0. The van der Waals surface area contributed by atoms with E-state index >= 15 is 0 Å². The maximum atomic E-state index is 13.0. The first-order valence-corrected chi connectivity index (χ1v) is 10.4. The second kappa shape index (κ2) is 7.59. The molecule has 2 rings (SSSR count). The van der Waals surface area contributed by atoms with Crippen LogP contribution < -0.4 is 5.32 Å². The van der Waals surface area contributed by atoms with Gasteiger partial charge in [-0.2, -0.15) is 0 Å². The zero-order chi connectivity index (χ0) is 15.5. The van der Waals surface area contributed by atoms with Gasteiger partial charge in [-0.05, 0) is 56.4 Å². The summed E-state index contributed by atoms with van der Waals surface area (Å²) in [6, 6.07) is 0.469. The van der Waals surface area contributed by atoms with Crippen LogP contribution in [0.4, 0.5) is 0 Å². The van der Waals surface area contributed by atoms with E-state index in [9.17, 15) is 4.21 Å². The molecule has 0 spiro atoms. The molecule has 0 aromatic carbocycles. The Morgan fingerprint density at radius 1 is 1.14 bits per heavy atom. The minimum Gasteiger partial charge on any atom is -0.316 e. The lowest BCUT2D eigenvalue weighted by atomic mass is 9.68. The largest absolute Gasteiger partial charge is 0.316 e. The fourth-order valence-corrected chi connectivity index (χ4v) is 6.41. The van der Waals surface area contributed by atoms with Crippen molar-refractivity contribution >= 4 is 10.8 Å². The van der Waals surface area contributed by atoms with Crippen molar-refractivity contribution < 1.29 is 4.21 Å². The van der Waals surface area contributed by atoms with Crippen molar-refractivity contribution in [2.45, 2.75) is 83.4 Å². The molecule has 2 saturated carbocycles. The van der Waals surface area contributed by atoms with Gasteiger partial charge in [0.25, 0.3) is 0 Å². The van der Waals surface area contributed by atoms with E-state index in [1.54, 1.807) is 0 Å². The molecule has 124 valence electrons. The van der Waals surface area contributed by atoms with Crippen LogP contribution in [-0.2, 0) is 10.8 Å². The van der Waals surface area contributed by atoms with Crippen LogP contribution in [0.3, 0.4) is 0 Å². The van der Waals surface area contributed by atoms with Crippen LogP contribution in [0.1, 0.15) is 72.1 Å². The summed E-state index contributed by atoms with van der Waals surface area (Å²) in [5.41, 5.74) is 0.397. The first kappa shape index (κ1) is 17.5. The predicted octanol–water partition coefficient (Wildman–Crippen LogP) is 4.12. The number of rotatable bonds is 6. The second-order valence-corrected chi connectivity index (χ2v) is 9.68. The summed E-state index contributed by atoms with van der Waals surface area (Å²) in [4.78, 5) is 0. The van der Waals surface area contributed by atoms with Crippen LogP contribution in [0.5, 0.6) is 0 Å². The van der Waals surface area contributed by atoms with E-state index in [0.717, 1.165) is 24.0 Å². The van der Waals surface area contributed by atoms with E-state index < -0.39 is 10.8 Å². The van der Waals surface area contributed by atoms with Crippen molar-refractivity contribution in [2.24, 2.45) is 17.3 Å². The fraction of sp³-hybridized carbons (Fsp3) is 1.00. The minimum atomic E-state index is -0.646. The zero-order valence-electron chi connectivity index (χ0n) is 14.5. The highest BCUT2D eigenvalue weighted by atomic mass is 32.2. The van der Waals surface area contributed by atoms with Crippen LogP contribution in [0.25, 0.3) is 0 Å². The quantitative estimate of drug-likeness (QED) is 0.799. The topological polar surface area (TPSA) is 29.1 Å². The van der Waals surface area contributed by atoms with Crippen LogP contribution in [0, 0.1) is 17.3 Å². The molecule has 0 aliphatic heterocycles. The molecule has 0 bridgehead atoms. The third-order valence-electron chi connectivity index (χ3n) is 6.39. The summed E-state index contributed by atoms with van der Waals surface area (Å²) in [6.07, 6.45) is 10.2. The van der Waals surface area contributed by atoms with Crippen LogP contribution in [0.15, 0.2) is 0 Å². The first-order chi connectivity index (χ1) is 9.97. The smallest absolute Gasteiger partial charge is 0.0504 e. The van der Waals surface area contributed by atoms with E-state index in [1.807, 2.05) is 0 Å².